The average Bonchev–Trinajstić information content (AvgIpc) is 2.56. The molecule has 0 radical (unpaired) electrons. The van der Waals surface area contributed by atoms with E-state index in [9.17, 15) is 4.79 Å². The number of anilines is 1. The van der Waals surface area contributed by atoms with E-state index in [1.54, 1.807) is 0 Å². The Hall–Kier alpha value is -2.34. The van der Waals surface area contributed by atoms with Crippen LogP contribution in [0, 0.1) is 6.92 Å². The first-order valence-electron chi connectivity index (χ1n) is 8.29. The fourth-order valence-electron chi connectivity index (χ4n) is 3.30. The van der Waals surface area contributed by atoms with Gasteiger partial charge in [0.25, 0.3) is 0 Å². The number of rotatable bonds is 4. The molecular formula is C18H23N3O3. The highest BCUT2D eigenvalue weighted by atomic mass is 16.5. The Morgan fingerprint density at radius 3 is 2.83 bits per heavy atom. The lowest BCUT2D eigenvalue weighted by Gasteiger charge is -2.29. The van der Waals surface area contributed by atoms with Crippen LogP contribution in [-0.4, -0.2) is 34.8 Å². The van der Waals surface area contributed by atoms with Crippen molar-refractivity contribution in [1.29, 1.82) is 0 Å². The molecule has 3 rings (SSSR count). The van der Waals surface area contributed by atoms with Gasteiger partial charge in [-0.2, -0.15) is 0 Å². The molecule has 1 aliphatic rings. The third-order valence-electron chi connectivity index (χ3n) is 4.43. The first kappa shape index (κ1) is 16.5. The van der Waals surface area contributed by atoms with E-state index in [1.165, 1.54) is 0 Å². The van der Waals surface area contributed by atoms with Gasteiger partial charge in [-0.3, -0.25) is 9.78 Å². The van der Waals surface area contributed by atoms with Gasteiger partial charge in [0.1, 0.15) is 12.4 Å². The van der Waals surface area contributed by atoms with Crippen molar-refractivity contribution in [2.45, 2.75) is 44.8 Å². The van der Waals surface area contributed by atoms with Crippen molar-refractivity contribution >= 4 is 22.5 Å². The number of carbonyl (C=O) groups is 1. The average molecular weight is 329 g/mol. The normalized spacial score (nSPS) is 20.8. The van der Waals surface area contributed by atoms with Crippen LogP contribution >= 0.6 is 0 Å². The zero-order chi connectivity index (χ0) is 17.1. The number of hydrogen-bond donors (Lipinski definition) is 3. The predicted molar refractivity (Wildman–Crippen MR) is 92.8 cm³/mol. The van der Waals surface area contributed by atoms with Gasteiger partial charge in [0, 0.05) is 17.4 Å². The number of pyridine rings is 1. The summed E-state index contributed by atoms with van der Waals surface area (Å²) in [7, 11) is 0. The highest BCUT2D eigenvalue weighted by Crippen LogP contribution is 2.33. The molecule has 1 saturated carbocycles. The summed E-state index contributed by atoms with van der Waals surface area (Å²) in [5, 5.41) is 12.5. The number of aliphatic hydroxyl groups is 1. The number of ether oxygens (including phenoxy) is 1. The fraction of sp³-hybridized carbons (Fsp3) is 0.444. The summed E-state index contributed by atoms with van der Waals surface area (Å²) < 4.78 is 6.19. The standard InChI is InChI=1S/C18H23N3O3/c1-11-9-14(19)18-15(20-11)3-2-4-16(18)24-13-7-5-12(6-8-13)21-17(23)10-22/h2-4,9,12-13,22H,5-8,10H2,1H3,(H2,19,20)(H,21,23)/t12-,13-. The predicted octanol–water partition coefficient (Wildman–Crippen LogP) is 1.92. The molecule has 0 saturated heterocycles. The summed E-state index contributed by atoms with van der Waals surface area (Å²) in [6, 6.07) is 7.77. The number of aliphatic hydroxyl groups excluding tert-OH is 1. The van der Waals surface area contributed by atoms with Crippen molar-refractivity contribution in [3.63, 3.8) is 0 Å². The number of amides is 1. The molecule has 0 spiro atoms. The zero-order valence-electron chi connectivity index (χ0n) is 13.8. The summed E-state index contributed by atoms with van der Waals surface area (Å²) >= 11 is 0. The van der Waals surface area contributed by atoms with E-state index in [0.29, 0.717) is 5.69 Å². The monoisotopic (exact) mass is 329 g/mol. The topological polar surface area (TPSA) is 97.5 Å². The number of carbonyl (C=O) groups excluding carboxylic acids is 1. The van der Waals surface area contributed by atoms with E-state index in [-0.39, 0.29) is 18.1 Å². The van der Waals surface area contributed by atoms with Crippen LogP contribution in [0.15, 0.2) is 24.3 Å². The lowest BCUT2D eigenvalue weighted by atomic mass is 9.93. The molecule has 1 heterocycles. The van der Waals surface area contributed by atoms with Gasteiger partial charge >= 0.3 is 0 Å². The molecule has 4 N–H and O–H groups in total. The Labute approximate surface area is 141 Å². The summed E-state index contributed by atoms with van der Waals surface area (Å²) in [4.78, 5) is 15.8. The number of aryl methyl sites for hydroxylation is 1. The van der Waals surface area contributed by atoms with Gasteiger partial charge in [0.15, 0.2) is 0 Å². The molecule has 1 aliphatic carbocycles. The van der Waals surface area contributed by atoms with E-state index in [0.717, 1.165) is 48.0 Å². The smallest absolute Gasteiger partial charge is 0.245 e. The second-order valence-corrected chi connectivity index (χ2v) is 6.32. The van der Waals surface area contributed by atoms with E-state index < -0.39 is 6.61 Å². The number of aromatic nitrogens is 1. The highest BCUT2D eigenvalue weighted by Gasteiger charge is 2.24. The molecular weight excluding hydrogens is 306 g/mol. The van der Waals surface area contributed by atoms with Crippen LogP contribution in [0.25, 0.3) is 10.9 Å². The van der Waals surface area contributed by atoms with Gasteiger partial charge < -0.3 is 20.9 Å². The van der Waals surface area contributed by atoms with Crippen LogP contribution in [-0.2, 0) is 4.79 Å². The van der Waals surface area contributed by atoms with Crippen molar-refractivity contribution in [2.24, 2.45) is 0 Å². The van der Waals surface area contributed by atoms with Crippen LogP contribution in [0.5, 0.6) is 5.75 Å². The minimum Gasteiger partial charge on any atom is -0.490 e. The number of benzene rings is 1. The van der Waals surface area contributed by atoms with Gasteiger partial charge in [0.2, 0.25) is 5.91 Å². The molecule has 0 bridgehead atoms. The third-order valence-corrected chi connectivity index (χ3v) is 4.43. The second-order valence-electron chi connectivity index (χ2n) is 6.32. The maximum atomic E-state index is 11.3. The van der Waals surface area contributed by atoms with E-state index >= 15 is 0 Å². The van der Waals surface area contributed by atoms with Crippen LogP contribution in [0.3, 0.4) is 0 Å². The first-order valence-corrected chi connectivity index (χ1v) is 8.29. The summed E-state index contributed by atoms with van der Waals surface area (Å²) in [6.07, 6.45) is 3.48. The Kier molecular flexibility index (Phi) is 4.85. The van der Waals surface area contributed by atoms with Gasteiger partial charge in [-0.15, -0.1) is 0 Å². The number of nitrogen functional groups attached to an aromatic ring is 1. The van der Waals surface area contributed by atoms with E-state index in [4.69, 9.17) is 15.6 Å². The van der Waals surface area contributed by atoms with Crippen molar-refractivity contribution < 1.29 is 14.6 Å². The summed E-state index contributed by atoms with van der Waals surface area (Å²) in [5.74, 6) is 0.447. The van der Waals surface area contributed by atoms with Crippen molar-refractivity contribution in [2.75, 3.05) is 12.3 Å². The SMILES string of the molecule is Cc1cc(N)c2c(O[C@H]3CC[C@H](NC(=O)CO)CC3)cccc2n1. The molecule has 2 aromatic rings. The third kappa shape index (κ3) is 3.59. The Morgan fingerprint density at radius 1 is 1.38 bits per heavy atom. The molecule has 128 valence electrons. The minimum atomic E-state index is -0.460. The second kappa shape index (κ2) is 7.05. The molecule has 1 amide bonds. The number of nitrogens with zero attached hydrogens (tertiary/aromatic N) is 1. The Balaban J connectivity index is 1.70. The molecule has 0 atom stereocenters. The lowest BCUT2D eigenvalue weighted by molar-refractivity contribution is -0.124. The van der Waals surface area contributed by atoms with Gasteiger partial charge in [-0.1, -0.05) is 6.07 Å². The van der Waals surface area contributed by atoms with Crippen LogP contribution < -0.4 is 15.8 Å². The molecule has 0 unspecified atom stereocenters. The van der Waals surface area contributed by atoms with E-state index in [1.807, 2.05) is 31.2 Å². The first-order chi connectivity index (χ1) is 11.6. The zero-order valence-corrected chi connectivity index (χ0v) is 13.8. The maximum absolute atomic E-state index is 11.3. The van der Waals surface area contributed by atoms with Crippen molar-refractivity contribution in [3.05, 3.63) is 30.0 Å². The van der Waals surface area contributed by atoms with Crippen LogP contribution in [0.2, 0.25) is 0 Å². The van der Waals surface area contributed by atoms with Gasteiger partial charge in [0.05, 0.1) is 17.0 Å². The molecule has 1 aromatic heterocycles. The van der Waals surface area contributed by atoms with Crippen molar-refractivity contribution in [3.8, 4) is 5.75 Å². The number of hydrogen-bond acceptors (Lipinski definition) is 5. The highest BCUT2D eigenvalue weighted by molar-refractivity contribution is 5.95. The van der Waals surface area contributed by atoms with Gasteiger partial charge in [-0.05, 0) is 50.8 Å². The minimum absolute atomic E-state index is 0.0959. The lowest BCUT2D eigenvalue weighted by Crippen LogP contribution is -2.40. The number of nitrogens with two attached hydrogens (primary N) is 1. The molecule has 6 heteroatoms. The molecule has 24 heavy (non-hydrogen) atoms. The molecule has 0 aliphatic heterocycles. The molecule has 1 aromatic carbocycles. The maximum Gasteiger partial charge on any atom is 0.245 e. The Bertz CT molecular complexity index is 740. The quantitative estimate of drug-likeness (QED) is 0.796. The van der Waals surface area contributed by atoms with Crippen LogP contribution in [0.4, 0.5) is 5.69 Å². The van der Waals surface area contributed by atoms with Crippen molar-refractivity contribution in [1.82, 2.24) is 10.3 Å². The van der Waals surface area contributed by atoms with Crippen LogP contribution in [0.1, 0.15) is 31.4 Å². The summed E-state index contributed by atoms with van der Waals surface area (Å²) in [5.41, 5.74) is 8.57. The molecule has 6 nitrogen and oxygen atoms in total. The number of fused-ring (bicyclic) bond motifs is 1. The fourth-order valence-corrected chi connectivity index (χ4v) is 3.30. The number of nitrogens with one attached hydrogen (secondary N) is 1. The Morgan fingerprint density at radius 2 is 2.12 bits per heavy atom. The summed E-state index contributed by atoms with van der Waals surface area (Å²) in [6.45, 7) is 1.46. The van der Waals surface area contributed by atoms with Gasteiger partial charge in [-0.25, -0.2) is 0 Å². The largest absolute Gasteiger partial charge is 0.490 e. The van der Waals surface area contributed by atoms with E-state index in [2.05, 4.69) is 10.3 Å². The molecule has 1 fully saturated rings.